The number of nitrogens with one attached hydrogen (secondary N) is 1. The lowest BCUT2D eigenvalue weighted by molar-refractivity contribution is 0.195. The van der Waals surface area contributed by atoms with Crippen molar-refractivity contribution in [3.05, 3.63) is 29.8 Å². The van der Waals surface area contributed by atoms with Crippen molar-refractivity contribution < 1.29 is 0 Å². The number of hydrogen-bond donors (Lipinski definition) is 1. The molecule has 3 nitrogen and oxygen atoms in total. The van der Waals surface area contributed by atoms with Crippen LogP contribution in [-0.4, -0.2) is 50.7 Å². The van der Waals surface area contributed by atoms with Crippen molar-refractivity contribution in [1.82, 2.24) is 10.2 Å². The van der Waals surface area contributed by atoms with E-state index >= 15 is 0 Å². The number of aryl methyl sites for hydroxylation is 1. The first-order chi connectivity index (χ1) is 8.70. The van der Waals surface area contributed by atoms with E-state index in [-0.39, 0.29) is 0 Å². The third-order valence-corrected chi connectivity index (χ3v) is 3.80. The van der Waals surface area contributed by atoms with Crippen molar-refractivity contribution in [2.24, 2.45) is 0 Å². The van der Waals surface area contributed by atoms with Gasteiger partial charge in [0.05, 0.1) is 0 Å². The van der Waals surface area contributed by atoms with Gasteiger partial charge in [0.1, 0.15) is 0 Å². The van der Waals surface area contributed by atoms with Gasteiger partial charge in [-0.15, -0.1) is 0 Å². The van der Waals surface area contributed by atoms with Crippen LogP contribution in [0, 0.1) is 6.92 Å². The van der Waals surface area contributed by atoms with Gasteiger partial charge in [-0.3, -0.25) is 4.90 Å². The number of hydrogen-bond acceptors (Lipinski definition) is 3. The minimum Gasteiger partial charge on any atom is -0.369 e. The van der Waals surface area contributed by atoms with Crippen LogP contribution in [0.5, 0.6) is 0 Å². The largest absolute Gasteiger partial charge is 0.369 e. The molecule has 1 fully saturated rings. The Hall–Kier alpha value is -1.06. The Labute approximate surface area is 111 Å². The van der Waals surface area contributed by atoms with E-state index in [0.717, 1.165) is 32.7 Å². The SMILES string of the molecule is CNCC(C)N1CCN(c2cccc(C)c2)CC1. The van der Waals surface area contributed by atoms with E-state index in [2.05, 4.69) is 53.2 Å². The second-order valence-electron chi connectivity index (χ2n) is 5.27. The highest BCUT2D eigenvalue weighted by atomic mass is 15.3. The molecule has 1 N–H and O–H groups in total. The normalized spacial score (nSPS) is 18.9. The molecule has 0 radical (unpaired) electrons. The number of benzene rings is 1. The summed E-state index contributed by atoms with van der Waals surface area (Å²) in [4.78, 5) is 5.07. The molecule has 1 saturated heterocycles. The van der Waals surface area contributed by atoms with Crippen LogP contribution in [0.25, 0.3) is 0 Å². The molecule has 1 heterocycles. The Bertz CT molecular complexity index is 370. The van der Waals surface area contributed by atoms with Crippen LogP contribution >= 0.6 is 0 Å². The van der Waals surface area contributed by atoms with Crippen molar-refractivity contribution >= 4 is 5.69 Å². The predicted octanol–water partition coefficient (Wildman–Crippen LogP) is 1.72. The zero-order chi connectivity index (χ0) is 13.0. The maximum Gasteiger partial charge on any atom is 0.0369 e. The van der Waals surface area contributed by atoms with Gasteiger partial charge < -0.3 is 10.2 Å². The fraction of sp³-hybridized carbons (Fsp3) is 0.600. The topological polar surface area (TPSA) is 18.5 Å². The zero-order valence-electron chi connectivity index (χ0n) is 11.8. The number of nitrogens with zero attached hydrogens (tertiary/aromatic N) is 2. The van der Waals surface area contributed by atoms with Gasteiger partial charge in [-0.1, -0.05) is 12.1 Å². The van der Waals surface area contributed by atoms with Crippen LogP contribution in [0.2, 0.25) is 0 Å². The maximum atomic E-state index is 3.26. The van der Waals surface area contributed by atoms with Gasteiger partial charge in [-0.25, -0.2) is 0 Å². The highest BCUT2D eigenvalue weighted by Crippen LogP contribution is 2.18. The van der Waals surface area contributed by atoms with Gasteiger partial charge in [0, 0.05) is 44.5 Å². The minimum absolute atomic E-state index is 0.634. The van der Waals surface area contributed by atoms with Crippen LogP contribution in [0.1, 0.15) is 12.5 Å². The standard InChI is InChI=1S/C15H25N3/c1-13-5-4-6-15(11-13)18-9-7-17(8-10-18)14(2)12-16-3/h4-6,11,14,16H,7-10,12H2,1-3H3. The maximum absolute atomic E-state index is 3.26. The number of rotatable bonds is 4. The average molecular weight is 247 g/mol. The summed E-state index contributed by atoms with van der Waals surface area (Å²) in [6.45, 7) is 10.1. The molecule has 0 saturated carbocycles. The van der Waals surface area contributed by atoms with E-state index < -0.39 is 0 Å². The Morgan fingerprint density at radius 2 is 1.94 bits per heavy atom. The summed E-state index contributed by atoms with van der Waals surface area (Å²) < 4.78 is 0. The van der Waals surface area contributed by atoms with Crippen molar-refractivity contribution in [3.8, 4) is 0 Å². The fourth-order valence-electron chi connectivity index (χ4n) is 2.67. The first-order valence-corrected chi connectivity index (χ1v) is 6.91. The van der Waals surface area contributed by atoms with Crippen molar-refractivity contribution in [2.75, 3.05) is 44.7 Å². The number of likely N-dealkylation sites (N-methyl/N-ethyl adjacent to an activating group) is 1. The van der Waals surface area contributed by atoms with Gasteiger partial charge >= 0.3 is 0 Å². The molecule has 2 rings (SSSR count). The summed E-state index contributed by atoms with van der Waals surface area (Å²) in [6, 6.07) is 9.46. The van der Waals surface area contributed by atoms with E-state index in [1.54, 1.807) is 0 Å². The van der Waals surface area contributed by atoms with Gasteiger partial charge in [0.15, 0.2) is 0 Å². The quantitative estimate of drug-likeness (QED) is 0.874. The monoisotopic (exact) mass is 247 g/mol. The lowest BCUT2D eigenvalue weighted by Gasteiger charge is -2.39. The Kier molecular flexibility index (Phi) is 4.61. The Morgan fingerprint density at radius 3 is 2.56 bits per heavy atom. The lowest BCUT2D eigenvalue weighted by Crippen LogP contribution is -2.51. The molecule has 1 unspecified atom stereocenters. The third-order valence-electron chi connectivity index (χ3n) is 3.80. The van der Waals surface area contributed by atoms with Crippen LogP contribution < -0.4 is 10.2 Å². The van der Waals surface area contributed by atoms with E-state index in [1.165, 1.54) is 11.3 Å². The molecule has 1 aromatic carbocycles. The minimum atomic E-state index is 0.634. The molecule has 0 bridgehead atoms. The molecule has 1 aliphatic rings. The predicted molar refractivity (Wildman–Crippen MR) is 78.4 cm³/mol. The molecule has 1 atom stereocenters. The van der Waals surface area contributed by atoms with Crippen molar-refractivity contribution in [3.63, 3.8) is 0 Å². The van der Waals surface area contributed by atoms with E-state index in [9.17, 15) is 0 Å². The van der Waals surface area contributed by atoms with E-state index in [1.807, 2.05) is 7.05 Å². The van der Waals surface area contributed by atoms with Crippen LogP contribution in [0.4, 0.5) is 5.69 Å². The van der Waals surface area contributed by atoms with Crippen molar-refractivity contribution in [2.45, 2.75) is 19.9 Å². The lowest BCUT2D eigenvalue weighted by atomic mass is 10.1. The van der Waals surface area contributed by atoms with Gasteiger partial charge in [-0.2, -0.15) is 0 Å². The Morgan fingerprint density at radius 1 is 1.22 bits per heavy atom. The summed E-state index contributed by atoms with van der Waals surface area (Å²) in [5.74, 6) is 0. The summed E-state index contributed by atoms with van der Waals surface area (Å²) in [5.41, 5.74) is 2.72. The van der Waals surface area contributed by atoms with Crippen molar-refractivity contribution in [1.29, 1.82) is 0 Å². The van der Waals surface area contributed by atoms with Crippen LogP contribution in [-0.2, 0) is 0 Å². The number of piperazine rings is 1. The number of anilines is 1. The third kappa shape index (κ3) is 3.24. The van der Waals surface area contributed by atoms with Gasteiger partial charge in [0.25, 0.3) is 0 Å². The summed E-state index contributed by atoms with van der Waals surface area (Å²) >= 11 is 0. The summed E-state index contributed by atoms with van der Waals surface area (Å²) in [5, 5.41) is 3.26. The molecule has 0 amide bonds. The first kappa shape index (κ1) is 13.4. The molecule has 18 heavy (non-hydrogen) atoms. The highest BCUT2D eigenvalue weighted by molar-refractivity contribution is 5.48. The molecule has 0 spiro atoms. The highest BCUT2D eigenvalue weighted by Gasteiger charge is 2.20. The van der Waals surface area contributed by atoms with Gasteiger partial charge in [0.2, 0.25) is 0 Å². The van der Waals surface area contributed by atoms with E-state index in [0.29, 0.717) is 6.04 Å². The fourth-order valence-corrected chi connectivity index (χ4v) is 2.67. The smallest absolute Gasteiger partial charge is 0.0369 e. The molecular weight excluding hydrogens is 222 g/mol. The average Bonchev–Trinajstić information content (AvgIpc) is 2.39. The van der Waals surface area contributed by atoms with Crippen LogP contribution in [0.3, 0.4) is 0 Å². The molecule has 0 aromatic heterocycles. The van der Waals surface area contributed by atoms with E-state index in [4.69, 9.17) is 0 Å². The Balaban J connectivity index is 1.90. The second-order valence-corrected chi connectivity index (χ2v) is 5.27. The summed E-state index contributed by atoms with van der Waals surface area (Å²) in [7, 11) is 2.03. The van der Waals surface area contributed by atoms with Crippen LogP contribution in [0.15, 0.2) is 24.3 Å². The first-order valence-electron chi connectivity index (χ1n) is 6.91. The summed E-state index contributed by atoms with van der Waals surface area (Å²) in [6.07, 6.45) is 0. The molecule has 0 aliphatic carbocycles. The molecule has 3 heteroatoms. The molecule has 1 aromatic rings. The second kappa shape index (κ2) is 6.21. The molecular formula is C15H25N3. The molecule has 1 aliphatic heterocycles. The molecule has 100 valence electrons. The zero-order valence-corrected chi connectivity index (χ0v) is 11.8. The van der Waals surface area contributed by atoms with Gasteiger partial charge in [-0.05, 0) is 38.6 Å².